The summed E-state index contributed by atoms with van der Waals surface area (Å²) in [7, 11) is 0. The highest BCUT2D eigenvalue weighted by atomic mass is 16.4. The van der Waals surface area contributed by atoms with E-state index in [0.717, 1.165) is 0 Å². The number of amides is 1. The molecule has 7 nitrogen and oxygen atoms in total. The molecule has 0 bridgehead atoms. The molecule has 16 heavy (non-hydrogen) atoms. The monoisotopic (exact) mass is 226 g/mol. The van der Waals surface area contributed by atoms with Gasteiger partial charge in [0, 0.05) is 13.0 Å². The smallest absolute Gasteiger partial charge is 0.303 e. The van der Waals surface area contributed by atoms with Crippen LogP contribution in [0.3, 0.4) is 0 Å². The first kappa shape index (κ1) is 12.2. The van der Waals surface area contributed by atoms with E-state index in [2.05, 4.69) is 20.7 Å². The molecule has 3 N–H and O–H groups in total. The second-order valence-corrected chi connectivity index (χ2v) is 3.60. The Morgan fingerprint density at radius 3 is 2.94 bits per heavy atom. The molecule has 0 spiro atoms. The molecule has 0 aliphatic rings. The van der Waals surface area contributed by atoms with E-state index in [1.54, 1.807) is 0 Å². The van der Waals surface area contributed by atoms with Crippen molar-refractivity contribution in [3.63, 3.8) is 0 Å². The maximum absolute atomic E-state index is 11.4. The molecule has 0 saturated carbocycles. The Morgan fingerprint density at radius 1 is 1.62 bits per heavy atom. The SMILES string of the molecule is CC(CCC(=O)O)CNC(=O)c1cn[nH]n1. The lowest BCUT2D eigenvalue weighted by molar-refractivity contribution is -0.137. The Kier molecular flexibility index (Phi) is 4.43. The molecule has 1 rings (SSSR count). The average molecular weight is 226 g/mol. The molecule has 0 radical (unpaired) electrons. The van der Waals surface area contributed by atoms with Gasteiger partial charge < -0.3 is 10.4 Å². The Bertz CT molecular complexity index is 350. The maximum Gasteiger partial charge on any atom is 0.303 e. The third-order valence-corrected chi connectivity index (χ3v) is 2.11. The van der Waals surface area contributed by atoms with Crippen LogP contribution in [0.1, 0.15) is 30.3 Å². The standard InChI is InChI=1S/C9H14N4O3/c1-6(2-3-8(14)15)4-10-9(16)7-5-11-13-12-7/h5-6H,2-4H2,1H3,(H,10,16)(H,14,15)(H,11,12,13). The highest BCUT2D eigenvalue weighted by Gasteiger charge is 2.10. The normalized spacial score (nSPS) is 12.1. The largest absolute Gasteiger partial charge is 0.481 e. The van der Waals surface area contributed by atoms with E-state index >= 15 is 0 Å². The van der Waals surface area contributed by atoms with Gasteiger partial charge in [-0.15, -0.1) is 0 Å². The highest BCUT2D eigenvalue weighted by molar-refractivity contribution is 5.91. The average Bonchev–Trinajstić information content (AvgIpc) is 2.76. The lowest BCUT2D eigenvalue weighted by Gasteiger charge is -2.10. The molecule has 0 aliphatic heterocycles. The van der Waals surface area contributed by atoms with Crippen LogP contribution < -0.4 is 5.32 Å². The number of aliphatic carboxylic acids is 1. The molecule has 1 unspecified atom stereocenters. The first-order chi connectivity index (χ1) is 7.59. The van der Waals surface area contributed by atoms with Gasteiger partial charge in [0.1, 0.15) is 0 Å². The fraction of sp³-hybridized carbons (Fsp3) is 0.556. The van der Waals surface area contributed by atoms with Crippen LogP contribution in [0, 0.1) is 5.92 Å². The number of hydrogen-bond acceptors (Lipinski definition) is 4. The first-order valence-electron chi connectivity index (χ1n) is 4.95. The van der Waals surface area contributed by atoms with E-state index in [-0.39, 0.29) is 23.9 Å². The van der Waals surface area contributed by atoms with Crippen LogP contribution in [-0.2, 0) is 4.79 Å². The van der Waals surface area contributed by atoms with Gasteiger partial charge in [0.15, 0.2) is 5.69 Å². The second-order valence-electron chi connectivity index (χ2n) is 3.60. The molecule has 1 amide bonds. The molecule has 0 fully saturated rings. The maximum atomic E-state index is 11.4. The number of aromatic nitrogens is 3. The van der Waals surface area contributed by atoms with Crippen molar-refractivity contribution >= 4 is 11.9 Å². The van der Waals surface area contributed by atoms with Crippen LogP contribution in [0.2, 0.25) is 0 Å². The number of rotatable bonds is 6. The van der Waals surface area contributed by atoms with Crippen molar-refractivity contribution in [3.8, 4) is 0 Å². The van der Waals surface area contributed by atoms with E-state index < -0.39 is 5.97 Å². The molecule has 7 heteroatoms. The van der Waals surface area contributed by atoms with E-state index in [4.69, 9.17) is 5.11 Å². The van der Waals surface area contributed by atoms with Gasteiger partial charge in [0.05, 0.1) is 6.20 Å². The number of nitrogens with one attached hydrogen (secondary N) is 2. The summed E-state index contributed by atoms with van der Waals surface area (Å²) in [5.74, 6) is -1.02. The predicted octanol–water partition coefficient (Wildman–Crippen LogP) is 0.0354. The van der Waals surface area contributed by atoms with Crippen molar-refractivity contribution in [1.29, 1.82) is 0 Å². The molecule has 1 aromatic heterocycles. The summed E-state index contributed by atoms with van der Waals surface area (Å²) in [4.78, 5) is 21.7. The summed E-state index contributed by atoms with van der Waals surface area (Å²) in [6.07, 6.45) is 1.98. The minimum atomic E-state index is -0.824. The zero-order valence-electron chi connectivity index (χ0n) is 8.93. The fourth-order valence-electron chi connectivity index (χ4n) is 1.14. The van der Waals surface area contributed by atoms with Gasteiger partial charge in [-0.2, -0.15) is 15.4 Å². The summed E-state index contributed by atoms with van der Waals surface area (Å²) in [5, 5.41) is 20.6. The number of aromatic amines is 1. The zero-order chi connectivity index (χ0) is 12.0. The van der Waals surface area contributed by atoms with Gasteiger partial charge >= 0.3 is 5.97 Å². The van der Waals surface area contributed by atoms with Crippen LogP contribution in [0.25, 0.3) is 0 Å². The Balaban J connectivity index is 2.24. The molecule has 1 atom stereocenters. The van der Waals surface area contributed by atoms with Crippen molar-refractivity contribution in [1.82, 2.24) is 20.7 Å². The Morgan fingerprint density at radius 2 is 2.38 bits per heavy atom. The summed E-state index contributed by atoms with van der Waals surface area (Å²) in [5.41, 5.74) is 0.227. The number of carbonyl (C=O) groups excluding carboxylic acids is 1. The van der Waals surface area contributed by atoms with Gasteiger partial charge in [-0.05, 0) is 12.3 Å². The minimum Gasteiger partial charge on any atom is -0.481 e. The first-order valence-corrected chi connectivity index (χ1v) is 4.95. The second kappa shape index (κ2) is 5.84. The van der Waals surface area contributed by atoms with Gasteiger partial charge in [-0.1, -0.05) is 6.92 Å². The fourth-order valence-corrected chi connectivity index (χ4v) is 1.14. The highest BCUT2D eigenvalue weighted by Crippen LogP contribution is 2.04. The Labute approximate surface area is 92.2 Å². The molecular formula is C9H14N4O3. The van der Waals surface area contributed by atoms with Crippen LogP contribution in [0.15, 0.2) is 6.20 Å². The third kappa shape index (κ3) is 4.07. The van der Waals surface area contributed by atoms with Crippen molar-refractivity contribution in [2.24, 2.45) is 5.92 Å². The van der Waals surface area contributed by atoms with E-state index in [1.807, 2.05) is 6.92 Å². The number of nitrogens with zero attached hydrogens (tertiary/aromatic N) is 2. The van der Waals surface area contributed by atoms with Crippen molar-refractivity contribution in [2.75, 3.05) is 6.54 Å². The van der Waals surface area contributed by atoms with E-state index in [9.17, 15) is 9.59 Å². The number of hydrogen-bond donors (Lipinski definition) is 3. The summed E-state index contributed by atoms with van der Waals surface area (Å²) >= 11 is 0. The molecule has 0 aromatic carbocycles. The molecule has 1 heterocycles. The molecular weight excluding hydrogens is 212 g/mol. The van der Waals surface area contributed by atoms with Crippen molar-refractivity contribution in [3.05, 3.63) is 11.9 Å². The lowest BCUT2D eigenvalue weighted by Crippen LogP contribution is -2.28. The predicted molar refractivity (Wildman–Crippen MR) is 54.7 cm³/mol. The zero-order valence-corrected chi connectivity index (χ0v) is 8.93. The van der Waals surface area contributed by atoms with E-state index in [0.29, 0.717) is 13.0 Å². The summed E-state index contributed by atoms with van der Waals surface area (Å²) in [6, 6.07) is 0. The minimum absolute atomic E-state index is 0.112. The topological polar surface area (TPSA) is 108 Å². The molecule has 0 aliphatic carbocycles. The van der Waals surface area contributed by atoms with Gasteiger partial charge in [-0.25, -0.2) is 0 Å². The molecule has 1 aromatic rings. The van der Waals surface area contributed by atoms with Crippen molar-refractivity contribution < 1.29 is 14.7 Å². The summed E-state index contributed by atoms with van der Waals surface area (Å²) in [6.45, 7) is 2.31. The lowest BCUT2D eigenvalue weighted by atomic mass is 10.1. The quantitative estimate of drug-likeness (QED) is 0.634. The summed E-state index contributed by atoms with van der Waals surface area (Å²) < 4.78 is 0. The molecule has 88 valence electrons. The van der Waals surface area contributed by atoms with Crippen LogP contribution in [0.5, 0.6) is 0 Å². The van der Waals surface area contributed by atoms with Crippen LogP contribution >= 0.6 is 0 Å². The number of carboxylic acid groups (broad SMARTS) is 1. The van der Waals surface area contributed by atoms with Crippen LogP contribution in [0.4, 0.5) is 0 Å². The van der Waals surface area contributed by atoms with Gasteiger partial charge in [0.2, 0.25) is 0 Å². The van der Waals surface area contributed by atoms with Crippen molar-refractivity contribution in [2.45, 2.75) is 19.8 Å². The van der Waals surface area contributed by atoms with Crippen LogP contribution in [-0.4, -0.2) is 38.9 Å². The van der Waals surface area contributed by atoms with E-state index in [1.165, 1.54) is 6.20 Å². The third-order valence-electron chi connectivity index (χ3n) is 2.11. The van der Waals surface area contributed by atoms with Gasteiger partial charge in [-0.3, -0.25) is 9.59 Å². The Hall–Kier alpha value is -1.92. The number of carboxylic acids is 1. The number of carbonyl (C=O) groups is 2. The number of H-pyrrole nitrogens is 1. The van der Waals surface area contributed by atoms with Gasteiger partial charge in [0.25, 0.3) is 5.91 Å². The molecule has 0 saturated heterocycles.